The second kappa shape index (κ2) is 7.93. The number of aromatic nitrogens is 3. The van der Waals surface area contributed by atoms with Crippen molar-refractivity contribution in [2.45, 2.75) is 0 Å². The highest BCUT2D eigenvalue weighted by Crippen LogP contribution is 2.24. The van der Waals surface area contributed by atoms with Crippen LogP contribution in [0, 0.1) is 3.57 Å². The second-order valence-electron chi connectivity index (χ2n) is 6.03. The van der Waals surface area contributed by atoms with E-state index in [1.807, 2.05) is 66.7 Å². The fraction of sp³-hybridized carbons (Fsp3) is 0.0455. The number of benzene rings is 2. The molecule has 6 heteroatoms. The molecule has 28 heavy (non-hydrogen) atoms. The number of halogens is 1. The normalized spacial score (nSPS) is 11.2. The van der Waals surface area contributed by atoms with Crippen molar-refractivity contribution in [3.63, 3.8) is 0 Å². The number of pyridine rings is 1. The first kappa shape index (κ1) is 18.4. The highest BCUT2D eigenvalue weighted by molar-refractivity contribution is 14.1. The number of methoxy groups -OCH3 is 1. The summed E-state index contributed by atoms with van der Waals surface area (Å²) in [6.07, 6.45) is 5.36. The van der Waals surface area contributed by atoms with Crippen LogP contribution in [0.25, 0.3) is 28.7 Å². The topological polar surface area (TPSA) is 57.0 Å². The van der Waals surface area contributed by atoms with Crippen LogP contribution in [-0.4, -0.2) is 21.6 Å². The van der Waals surface area contributed by atoms with Gasteiger partial charge in [-0.2, -0.15) is 0 Å². The van der Waals surface area contributed by atoms with Crippen molar-refractivity contribution in [1.29, 1.82) is 0 Å². The second-order valence-corrected chi connectivity index (χ2v) is 7.28. The molecule has 0 radical (unpaired) electrons. The van der Waals surface area contributed by atoms with Gasteiger partial charge in [0.2, 0.25) is 0 Å². The van der Waals surface area contributed by atoms with Crippen LogP contribution in [0.1, 0.15) is 11.5 Å². The molecule has 2 aromatic carbocycles. The lowest BCUT2D eigenvalue weighted by Gasteiger charge is -2.14. The van der Waals surface area contributed by atoms with Crippen molar-refractivity contribution in [2.24, 2.45) is 0 Å². The molecule has 0 atom stereocenters. The van der Waals surface area contributed by atoms with E-state index >= 15 is 0 Å². The third kappa shape index (κ3) is 3.55. The molecule has 0 aliphatic carbocycles. The van der Waals surface area contributed by atoms with Crippen molar-refractivity contribution < 1.29 is 4.74 Å². The van der Waals surface area contributed by atoms with E-state index in [9.17, 15) is 4.79 Å². The molecule has 0 fully saturated rings. The largest absolute Gasteiger partial charge is 0.495 e. The van der Waals surface area contributed by atoms with E-state index in [-0.39, 0.29) is 5.56 Å². The lowest BCUT2D eigenvalue weighted by molar-refractivity contribution is 0.412. The van der Waals surface area contributed by atoms with Crippen molar-refractivity contribution >= 4 is 45.6 Å². The summed E-state index contributed by atoms with van der Waals surface area (Å²) < 4.78 is 8.04. The van der Waals surface area contributed by atoms with Gasteiger partial charge in [0.05, 0.1) is 29.4 Å². The van der Waals surface area contributed by atoms with Crippen LogP contribution >= 0.6 is 22.6 Å². The molecule has 2 aromatic heterocycles. The lowest BCUT2D eigenvalue weighted by atomic mass is 10.2. The predicted octanol–water partition coefficient (Wildman–Crippen LogP) is 4.56. The molecule has 5 nitrogen and oxygen atoms in total. The van der Waals surface area contributed by atoms with Gasteiger partial charge in [0.15, 0.2) is 0 Å². The van der Waals surface area contributed by atoms with Crippen molar-refractivity contribution in [3.05, 3.63) is 92.3 Å². The quantitative estimate of drug-likeness (QED) is 0.401. The molecule has 2 heterocycles. The first-order valence-corrected chi connectivity index (χ1v) is 9.70. The minimum atomic E-state index is -0.145. The van der Waals surface area contributed by atoms with Gasteiger partial charge in [-0.3, -0.25) is 14.3 Å². The van der Waals surface area contributed by atoms with Gasteiger partial charge in [0, 0.05) is 9.77 Å². The maximum atomic E-state index is 13.4. The number of hydrogen-bond acceptors (Lipinski definition) is 4. The maximum Gasteiger partial charge on any atom is 0.266 e. The van der Waals surface area contributed by atoms with Gasteiger partial charge in [-0.25, -0.2) is 4.98 Å². The Hall–Kier alpha value is -3.00. The average molecular weight is 481 g/mol. The first-order valence-electron chi connectivity index (χ1n) is 8.62. The summed E-state index contributed by atoms with van der Waals surface area (Å²) >= 11 is 2.20. The predicted molar refractivity (Wildman–Crippen MR) is 120 cm³/mol. The number of fused-ring (bicyclic) bond motifs is 1. The van der Waals surface area contributed by atoms with Gasteiger partial charge in [0.25, 0.3) is 5.56 Å². The first-order chi connectivity index (χ1) is 13.7. The Kier molecular flexibility index (Phi) is 5.21. The van der Waals surface area contributed by atoms with E-state index in [2.05, 4.69) is 27.6 Å². The molecule has 0 N–H and O–H groups in total. The molecule has 0 unspecified atom stereocenters. The highest BCUT2D eigenvalue weighted by atomic mass is 127. The molecule has 0 saturated heterocycles. The van der Waals surface area contributed by atoms with E-state index in [1.54, 1.807) is 23.9 Å². The molecule has 0 aliphatic rings. The summed E-state index contributed by atoms with van der Waals surface area (Å²) in [4.78, 5) is 22.4. The van der Waals surface area contributed by atoms with Crippen LogP contribution < -0.4 is 10.3 Å². The van der Waals surface area contributed by atoms with Crippen LogP contribution in [0.4, 0.5) is 0 Å². The Morgan fingerprint density at radius 3 is 2.64 bits per heavy atom. The summed E-state index contributed by atoms with van der Waals surface area (Å²) in [6, 6.07) is 18.7. The molecule has 4 aromatic rings. The lowest BCUT2D eigenvalue weighted by Crippen LogP contribution is -2.23. The summed E-state index contributed by atoms with van der Waals surface area (Å²) in [5.74, 6) is 1.11. The molecule has 0 amide bonds. The molecule has 0 aliphatic heterocycles. The Balaban J connectivity index is 2.01. The van der Waals surface area contributed by atoms with Gasteiger partial charge in [0.1, 0.15) is 11.6 Å². The fourth-order valence-electron chi connectivity index (χ4n) is 2.97. The minimum Gasteiger partial charge on any atom is -0.495 e. The van der Waals surface area contributed by atoms with E-state index in [0.717, 1.165) is 9.26 Å². The Bertz CT molecular complexity index is 1230. The zero-order valence-electron chi connectivity index (χ0n) is 15.0. The molecular weight excluding hydrogens is 465 g/mol. The van der Waals surface area contributed by atoms with Crippen molar-refractivity contribution in [3.8, 4) is 11.4 Å². The Labute approximate surface area is 175 Å². The number of nitrogens with zero attached hydrogens (tertiary/aromatic N) is 3. The average Bonchev–Trinajstić information content (AvgIpc) is 2.73. The summed E-state index contributed by atoms with van der Waals surface area (Å²) in [6.45, 7) is 0. The van der Waals surface area contributed by atoms with Gasteiger partial charge in [-0.15, -0.1) is 0 Å². The number of ether oxygens (including phenoxy) is 1. The smallest absolute Gasteiger partial charge is 0.266 e. The molecule has 0 bridgehead atoms. The third-order valence-corrected chi connectivity index (χ3v) is 4.94. The van der Waals surface area contributed by atoms with Gasteiger partial charge in [-0.05, 0) is 77.2 Å². The minimum absolute atomic E-state index is 0.145. The third-order valence-electron chi connectivity index (χ3n) is 4.27. The molecule has 4 rings (SSSR count). The van der Waals surface area contributed by atoms with Crippen LogP contribution in [0.5, 0.6) is 5.75 Å². The number of rotatable bonds is 4. The van der Waals surface area contributed by atoms with E-state index in [1.165, 1.54) is 0 Å². The summed E-state index contributed by atoms with van der Waals surface area (Å²) in [7, 11) is 1.59. The van der Waals surface area contributed by atoms with Gasteiger partial charge >= 0.3 is 0 Å². The summed E-state index contributed by atoms with van der Waals surface area (Å²) in [5, 5.41) is 0.563. The van der Waals surface area contributed by atoms with Gasteiger partial charge in [-0.1, -0.05) is 18.2 Å². The Morgan fingerprint density at radius 2 is 1.86 bits per heavy atom. The number of para-hydroxylation sites is 2. The molecule has 138 valence electrons. The van der Waals surface area contributed by atoms with Crippen LogP contribution in [0.2, 0.25) is 0 Å². The van der Waals surface area contributed by atoms with Crippen molar-refractivity contribution in [1.82, 2.24) is 14.5 Å². The van der Waals surface area contributed by atoms with Crippen molar-refractivity contribution in [2.75, 3.05) is 7.11 Å². The summed E-state index contributed by atoms with van der Waals surface area (Å²) in [5.41, 5.74) is 1.93. The highest BCUT2D eigenvalue weighted by Gasteiger charge is 2.14. The molecule has 0 saturated carbocycles. The number of hydrogen-bond donors (Lipinski definition) is 0. The van der Waals surface area contributed by atoms with Crippen LogP contribution in [0.3, 0.4) is 0 Å². The van der Waals surface area contributed by atoms with E-state index in [4.69, 9.17) is 9.72 Å². The van der Waals surface area contributed by atoms with Crippen LogP contribution in [0.15, 0.2) is 71.7 Å². The maximum absolute atomic E-state index is 13.4. The van der Waals surface area contributed by atoms with E-state index in [0.29, 0.717) is 28.2 Å². The zero-order valence-corrected chi connectivity index (χ0v) is 17.2. The standard InChI is InChI=1S/C22H16IN3O2/c1-28-20-8-3-2-7-19(20)26-21(12-10-16-6-4-5-13-24-16)25-18-11-9-15(23)14-17(18)22(26)27/h2-14H,1H3/b12-10+. The van der Waals surface area contributed by atoms with E-state index < -0.39 is 0 Å². The molecular formula is C22H16IN3O2. The van der Waals surface area contributed by atoms with Crippen LogP contribution in [-0.2, 0) is 0 Å². The van der Waals surface area contributed by atoms with Gasteiger partial charge < -0.3 is 4.74 Å². The fourth-order valence-corrected chi connectivity index (χ4v) is 3.46. The SMILES string of the molecule is COc1ccccc1-n1c(/C=C/c2ccccn2)nc2ccc(I)cc2c1=O. The molecule has 0 spiro atoms. The Morgan fingerprint density at radius 1 is 1.04 bits per heavy atom. The zero-order chi connectivity index (χ0) is 19.5. The monoisotopic (exact) mass is 481 g/mol.